The van der Waals surface area contributed by atoms with Gasteiger partial charge in [0, 0.05) is 0 Å². The van der Waals surface area contributed by atoms with Crippen LogP contribution in [0.2, 0.25) is 0 Å². The second kappa shape index (κ2) is 38.0. The molecule has 0 aromatic carbocycles. The summed E-state index contributed by atoms with van der Waals surface area (Å²) in [5, 5.41) is 11.7. The molecule has 0 rings (SSSR count). The molecular weight excluding hydrogens is 558 g/mol. The summed E-state index contributed by atoms with van der Waals surface area (Å²) in [5.74, 6) is 0. The zero-order valence-corrected chi connectivity index (χ0v) is 30.1. The summed E-state index contributed by atoms with van der Waals surface area (Å²) in [6.07, 6.45) is 43.1. The van der Waals surface area contributed by atoms with Crippen molar-refractivity contribution < 1.29 is 27.6 Å². The van der Waals surface area contributed by atoms with Gasteiger partial charge in [-0.05, 0) is 25.7 Å². The van der Waals surface area contributed by atoms with Crippen LogP contribution in [0, 0.1) is 0 Å². The molecule has 0 heterocycles. The van der Waals surface area contributed by atoms with E-state index >= 15 is 0 Å². The van der Waals surface area contributed by atoms with Gasteiger partial charge in [0.25, 0.3) is 0 Å². The summed E-state index contributed by atoms with van der Waals surface area (Å²) in [6, 6.07) is 0.752. The lowest BCUT2D eigenvalue weighted by Gasteiger charge is -2.15. The third-order valence-electron chi connectivity index (χ3n) is 8.69. The van der Waals surface area contributed by atoms with Gasteiger partial charge in [0.1, 0.15) is 0 Å². The molecule has 0 spiro atoms. The summed E-state index contributed by atoms with van der Waals surface area (Å²) < 4.78 is 31.0. The molecular formula is C36H77NO5S. The average molecular weight is 636 g/mol. The zero-order valence-electron chi connectivity index (χ0n) is 29.3. The molecule has 0 aliphatic carbocycles. The number of hydrogen-bond donors (Lipinski definition) is 2. The maximum Gasteiger partial charge on any atom is 0.217 e. The fraction of sp³-hybridized carbons (Fsp3) is 1.00. The Morgan fingerprint density at radius 3 is 0.977 bits per heavy atom. The van der Waals surface area contributed by atoms with E-state index in [0.29, 0.717) is 6.61 Å². The van der Waals surface area contributed by atoms with Crippen molar-refractivity contribution in [2.75, 3.05) is 20.3 Å². The lowest BCUT2D eigenvalue weighted by Crippen LogP contribution is -2.90. The molecule has 0 bridgehead atoms. The van der Waals surface area contributed by atoms with Crippen molar-refractivity contribution in [1.29, 1.82) is 0 Å². The van der Waals surface area contributed by atoms with E-state index in [0.717, 1.165) is 19.7 Å². The first kappa shape index (κ1) is 44.9. The van der Waals surface area contributed by atoms with Crippen molar-refractivity contribution in [3.63, 3.8) is 0 Å². The van der Waals surface area contributed by atoms with Crippen molar-refractivity contribution in [2.45, 2.75) is 213 Å². The highest BCUT2D eigenvalue weighted by Crippen LogP contribution is 2.16. The minimum atomic E-state index is -4.41. The minimum absolute atomic E-state index is 0.327. The van der Waals surface area contributed by atoms with Crippen molar-refractivity contribution in [2.24, 2.45) is 0 Å². The zero-order chi connectivity index (χ0) is 32.1. The van der Waals surface area contributed by atoms with Crippen LogP contribution in [0.5, 0.6) is 0 Å². The van der Waals surface area contributed by atoms with E-state index in [-0.39, 0.29) is 0 Å². The first-order valence-electron chi connectivity index (χ1n) is 18.9. The van der Waals surface area contributed by atoms with Gasteiger partial charge in [0.15, 0.2) is 0 Å². The van der Waals surface area contributed by atoms with Crippen LogP contribution in [0.1, 0.15) is 206 Å². The fourth-order valence-corrected chi connectivity index (χ4v) is 5.89. The maximum absolute atomic E-state index is 9.27. The monoisotopic (exact) mass is 636 g/mol. The SMILES string of the molecule is CCCCCCCCCCCCCCCCC(CCCCCCCCCCCCCCCC)[NH2+]CCO.COS(=O)(=O)[O-]. The van der Waals surface area contributed by atoms with Crippen molar-refractivity contribution in [1.82, 2.24) is 0 Å². The molecule has 0 saturated heterocycles. The summed E-state index contributed by atoms with van der Waals surface area (Å²) >= 11 is 0. The average Bonchev–Trinajstić information content (AvgIpc) is 2.99. The third kappa shape index (κ3) is 44.0. The van der Waals surface area contributed by atoms with Gasteiger partial charge in [-0.25, -0.2) is 8.42 Å². The standard InChI is InChI=1S/C35H73NO.CH4O4S/c1-3-5-7-9-11-13-15-17-19-21-23-25-27-29-31-35(36-33-34-37)32-30-28-26-24-22-20-18-16-14-12-10-8-6-4-2;1-5-6(2,3)4/h35-37H,3-34H2,1-2H3;1H3,(H,2,3,4). The van der Waals surface area contributed by atoms with Crippen molar-refractivity contribution in [3.8, 4) is 0 Å². The summed E-state index contributed by atoms with van der Waals surface area (Å²) in [4.78, 5) is 0. The predicted octanol–water partition coefficient (Wildman–Crippen LogP) is 9.75. The summed E-state index contributed by atoms with van der Waals surface area (Å²) in [5.41, 5.74) is 0. The molecule has 0 fully saturated rings. The Balaban J connectivity index is 0. The molecule has 3 N–H and O–H groups in total. The quantitative estimate of drug-likeness (QED) is 0.0416. The van der Waals surface area contributed by atoms with Crippen LogP contribution in [0.25, 0.3) is 0 Å². The van der Waals surface area contributed by atoms with Gasteiger partial charge in [-0.15, -0.1) is 0 Å². The van der Waals surface area contributed by atoms with Crippen LogP contribution in [0.4, 0.5) is 0 Å². The molecule has 0 aromatic rings. The Morgan fingerprint density at radius 1 is 0.535 bits per heavy atom. The number of rotatable bonds is 34. The van der Waals surface area contributed by atoms with Crippen LogP contribution in [-0.2, 0) is 14.6 Å². The molecule has 0 aromatic heterocycles. The molecule has 262 valence electrons. The number of nitrogens with two attached hydrogens (primary N) is 1. The van der Waals surface area contributed by atoms with Gasteiger partial charge >= 0.3 is 0 Å². The van der Waals surface area contributed by atoms with E-state index in [2.05, 4.69) is 23.3 Å². The van der Waals surface area contributed by atoms with Crippen LogP contribution in [0.3, 0.4) is 0 Å². The van der Waals surface area contributed by atoms with Gasteiger partial charge in [-0.3, -0.25) is 4.18 Å². The van der Waals surface area contributed by atoms with Crippen LogP contribution in [0.15, 0.2) is 0 Å². The first-order chi connectivity index (χ1) is 20.9. The molecule has 0 saturated carbocycles. The lowest BCUT2D eigenvalue weighted by atomic mass is 9.99. The second-order valence-electron chi connectivity index (χ2n) is 12.9. The molecule has 6 nitrogen and oxygen atoms in total. The molecule has 43 heavy (non-hydrogen) atoms. The fourth-order valence-electron chi connectivity index (χ4n) is 5.89. The molecule has 0 unspecified atom stereocenters. The van der Waals surface area contributed by atoms with E-state index in [9.17, 15) is 18.1 Å². The number of hydrogen-bond acceptors (Lipinski definition) is 5. The maximum atomic E-state index is 9.27. The summed E-state index contributed by atoms with van der Waals surface area (Å²) in [6.45, 7) is 5.82. The number of unbranched alkanes of at least 4 members (excludes halogenated alkanes) is 26. The van der Waals surface area contributed by atoms with Crippen molar-refractivity contribution >= 4 is 10.4 Å². The third-order valence-corrected chi connectivity index (χ3v) is 9.10. The van der Waals surface area contributed by atoms with E-state index in [1.807, 2.05) is 0 Å². The highest BCUT2D eigenvalue weighted by molar-refractivity contribution is 7.80. The van der Waals surface area contributed by atoms with Crippen LogP contribution < -0.4 is 5.32 Å². The molecule has 0 aliphatic heterocycles. The summed E-state index contributed by atoms with van der Waals surface area (Å²) in [7, 11) is -3.60. The van der Waals surface area contributed by atoms with Gasteiger partial charge in [-0.1, -0.05) is 181 Å². The number of aliphatic hydroxyl groups is 1. The van der Waals surface area contributed by atoms with E-state index in [1.54, 1.807) is 0 Å². The lowest BCUT2D eigenvalue weighted by molar-refractivity contribution is -0.691. The highest BCUT2D eigenvalue weighted by atomic mass is 32.3. The Hall–Kier alpha value is -0.210. The molecule has 0 aliphatic rings. The normalized spacial score (nSPS) is 11.7. The molecule has 0 atom stereocenters. The number of aliphatic hydroxyl groups excluding tert-OH is 1. The van der Waals surface area contributed by atoms with Gasteiger partial charge in [0.2, 0.25) is 10.4 Å². The Kier molecular flexibility index (Phi) is 39.7. The number of quaternary nitrogens is 1. The van der Waals surface area contributed by atoms with Gasteiger partial charge in [0.05, 0.1) is 26.3 Å². The van der Waals surface area contributed by atoms with E-state index in [1.165, 1.54) is 193 Å². The highest BCUT2D eigenvalue weighted by Gasteiger charge is 2.11. The topological polar surface area (TPSA) is 103 Å². The first-order valence-corrected chi connectivity index (χ1v) is 20.2. The van der Waals surface area contributed by atoms with Gasteiger partial charge < -0.3 is 15.0 Å². The molecule has 0 radical (unpaired) electrons. The largest absolute Gasteiger partial charge is 0.726 e. The predicted molar refractivity (Wildman–Crippen MR) is 184 cm³/mol. The minimum Gasteiger partial charge on any atom is -0.726 e. The van der Waals surface area contributed by atoms with E-state index < -0.39 is 10.4 Å². The van der Waals surface area contributed by atoms with Crippen LogP contribution in [-0.4, -0.2) is 44.4 Å². The second-order valence-corrected chi connectivity index (χ2v) is 14.0. The Morgan fingerprint density at radius 2 is 0.767 bits per heavy atom. The smallest absolute Gasteiger partial charge is 0.217 e. The van der Waals surface area contributed by atoms with Crippen molar-refractivity contribution in [3.05, 3.63) is 0 Å². The van der Waals surface area contributed by atoms with E-state index in [4.69, 9.17) is 0 Å². The van der Waals surface area contributed by atoms with Gasteiger partial charge in [-0.2, -0.15) is 0 Å². The molecule has 0 amide bonds. The Labute approximate surface area is 270 Å². The molecule has 7 heteroatoms. The Bertz CT molecular complexity index is 570. The van der Waals surface area contributed by atoms with Crippen LogP contribution >= 0.6 is 0 Å².